The standard InChI is InChI=1S/C18H16ClF2N3O2/c1-24(10-12-2-6-15(7-3-12)26-18(20)21)11-17(25)23-16-8-14(19)5-4-13(16)9-22/h2-8,18H,10-11H2,1H3,(H,23,25). The van der Waals surface area contributed by atoms with Gasteiger partial charge in [-0.3, -0.25) is 9.69 Å². The predicted molar refractivity (Wildman–Crippen MR) is 94.2 cm³/mol. The van der Waals surface area contributed by atoms with E-state index in [1.165, 1.54) is 24.3 Å². The molecule has 2 aromatic rings. The third-order valence-electron chi connectivity index (χ3n) is 3.39. The van der Waals surface area contributed by atoms with Crippen molar-refractivity contribution in [2.75, 3.05) is 18.9 Å². The van der Waals surface area contributed by atoms with E-state index in [0.717, 1.165) is 5.56 Å². The number of carbonyl (C=O) groups is 1. The molecule has 0 saturated heterocycles. The summed E-state index contributed by atoms with van der Waals surface area (Å²) in [7, 11) is 1.74. The summed E-state index contributed by atoms with van der Waals surface area (Å²) in [4.78, 5) is 13.9. The van der Waals surface area contributed by atoms with Gasteiger partial charge in [-0.25, -0.2) is 0 Å². The molecule has 0 aliphatic heterocycles. The van der Waals surface area contributed by atoms with Gasteiger partial charge < -0.3 is 10.1 Å². The molecular weight excluding hydrogens is 364 g/mol. The van der Waals surface area contributed by atoms with Crippen LogP contribution >= 0.6 is 11.6 Å². The van der Waals surface area contributed by atoms with Crippen LogP contribution in [0.3, 0.4) is 0 Å². The number of nitrogens with zero attached hydrogens (tertiary/aromatic N) is 2. The van der Waals surface area contributed by atoms with Crippen molar-refractivity contribution >= 4 is 23.2 Å². The molecule has 1 N–H and O–H groups in total. The second-order valence-corrected chi connectivity index (χ2v) is 5.98. The maximum atomic E-state index is 12.2. The minimum atomic E-state index is -2.86. The third-order valence-corrected chi connectivity index (χ3v) is 3.63. The maximum absolute atomic E-state index is 12.2. The van der Waals surface area contributed by atoms with E-state index in [1.54, 1.807) is 30.1 Å². The zero-order valence-electron chi connectivity index (χ0n) is 13.9. The lowest BCUT2D eigenvalue weighted by Crippen LogP contribution is -2.30. The number of ether oxygens (including phenoxy) is 1. The number of anilines is 1. The number of hydrogen-bond acceptors (Lipinski definition) is 4. The Bertz CT molecular complexity index is 807. The van der Waals surface area contributed by atoms with E-state index in [1.807, 2.05) is 6.07 Å². The van der Waals surface area contributed by atoms with E-state index < -0.39 is 6.61 Å². The summed E-state index contributed by atoms with van der Waals surface area (Å²) in [5, 5.41) is 12.1. The highest BCUT2D eigenvalue weighted by Crippen LogP contribution is 2.20. The molecule has 1 amide bonds. The van der Waals surface area contributed by atoms with Crippen molar-refractivity contribution in [3.05, 3.63) is 58.6 Å². The van der Waals surface area contributed by atoms with Crippen LogP contribution in [-0.4, -0.2) is 31.0 Å². The summed E-state index contributed by atoms with van der Waals surface area (Å²) in [5.74, 6) is -0.224. The molecule has 0 bridgehead atoms. The molecule has 2 rings (SSSR count). The lowest BCUT2D eigenvalue weighted by molar-refractivity contribution is -0.117. The van der Waals surface area contributed by atoms with E-state index in [4.69, 9.17) is 16.9 Å². The number of benzene rings is 2. The Morgan fingerprint density at radius 2 is 2.00 bits per heavy atom. The second-order valence-electron chi connectivity index (χ2n) is 5.54. The Morgan fingerprint density at radius 3 is 2.62 bits per heavy atom. The Balaban J connectivity index is 1.91. The number of hydrogen-bond donors (Lipinski definition) is 1. The van der Waals surface area contributed by atoms with Crippen LogP contribution < -0.4 is 10.1 Å². The number of nitriles is 1. The average molecular weight is 380 g/mol. The van der Waals surface area contributed by atoms with Gasteiger partial charge in [0.2, 0.25) is 5.91 Å². The Hall–Kier alpha value is -2.69. The average Bonchev–Trinajstić information content (AvgIpc) is 2.56. The number of amides is 1. The molecule has 0 atom stereocenters. The van der Waals surface area contributed by atoms with Crippen molar-refractivity contribution in [3.8, 4) is 11.8 Å². The first-order valence-electron chi connectivity index (χ1n) is 7.59. The highest BCUT2D eigenvalue weighted by Gasteiger charge is 2.11. The minimum Gasteiger partial charge on any atom is -0.435 e. The zero-order valence-corrected chi connectivity index (χ0v) is 14.6. The third kappa shape index (κ3) is 5.99. The number of carbonyl (C=O) groups excluding carboxylic acids is 1. The molecule has 0 aliphatic rings. The second kappa shape index (κ2) is 9.13. The molecule has 136 valence electrons. The smallest absolute Gasteiger partial charge is 0.387 e. The summed E-state index contributed by atoms with van der Waals surface area (Å²) >= 11 is 5.89. The van der Waals surface area contributed by atoms with Crippen LogP contribution in [0, 0.1) is 11.3 Å². The van der Waals surface area contributed by atoms with Gasteiger partial charge in [-0.2, -0.15) is 14.0 Å². The largest absolute Gasteiger partial charge is 0.435 e. The summed E-state index contributed by atoms with van der Waals surface area (Å²) in [6.45, 7) is -2.35. The molecule has 8 heteroatoms. The van der Waals surface area contributed by atoms with Crippen LogP contribution in [-0.2, 0) is 11.3 Å². The molecule has 0 heterocycles. The highest BCUT2D eigenvalue weighted by atomic mass is 35.5. The van der Waals surface area contributed by atoms with E-state index in [0.29, 0.717) is 22.8 Å². The molecule has 0 saturated carbocycles. The van der Waals surface area contributed by atoms with Gasteiger partial charge in [0.05, 0.1) is 17.8 Å². The van der Waals surface area contributed by atoms with E-state index in [2.05, 4.69) is 10.1 Å². The molecule has 0 radical (unpaired) electrons. The fraction of sp³-hybridized carbons (Fsp3) is 0.222. The van der Waals surface area contributed by atoms with Gasteiger partial charge in [0, 0.05) is 11.6 Å². The Morgan fingerprint density at radius 1 is 1.31 bits per heavy atom. The lowest BCUT2D eigenvalue weighted by atomic mass is 10.2. The number of likely N-dealkylation sites (N-methyl/N-ethyl adjacent to an activating group) is 1. The van der Waals surface area contributed by atoms with Crippen molar-refractivity contribution in [2.45, 2.75) is 13.2 Å². The molecule has 0 fully saturated rings. The van der Waals surface area contributed by atoms with Gasteiger partial charge in [-0.1, -0.05) is 23.7 Å². The van der Waals surface area contributed by atoms with E-state index in [9.17, 15) is 13.6 Å². The van der Waals surface area contributed by atoms with Crippen LogP contribution in [0.4, 0.5) is 14.5 Å². The molecule has 0 unspecified atom stereocenters. The first-order valence-corrected chi connectivity index (χ1v) is 7.97. The van der Waals surface area contributed by atoms with E-state index in [-0.39, 0.29) is 18.2 Å². The molecule has 26 heavy (non-hydrogen) atoms. The van der Waals surface area contributed by atoms with Crippen LogP contribution in [0.5, 0.6) is 5.75 Å². The fourth-order valence-corrected chi connectivity index (χ4v) is 2.47. The highest BCUT2D eigenvalue weighted by molar-refractivity contribution is 6.31. The van der Waals surface area contributed by atoms with Gasteiger partial charge in [-0.05, 0) is 42.9 Å². The molecular formula is C18H16ClF2N3O2. The van der Waals surface area contributed by atoms with Crippen LogP contribution in [0.15, 0.2) is 42.5 Å². The number of nitrogens with one attached hydrogen (secondary N) is 1. The number of alkyl halides is 2. The lowest BCUT2D eigenvalue weighted by Gasteiger charge is -2.17. The van der Waals surface area contributed by atoms with Crippen LogP contribution in [0.1, 0.15) is 11.1 Å². The van der Waals surface area contributed by atoms with Crippen LogP contribution in [0.25, 0.3) is 0 Å². The Labute approximate surface area is 154 Å². The predicted octanol–water partition coefficient (Wildman–Crippen LogP) is 3.88. The minimum absolute atomic E-state index is 0.0761. The van der Waals surface area contributed by atoms with E-state index >= 15 is 0 Å². The van der Waals surface area contributed by atoms with Gasteiger partial charge in [-0.15, -0.1) is 0 Å². The van der Waals surface area contributed by atoms with Gasteiger partial charge in [0.1, 0.15) is 11.8 Å². The first-order chi connectivity index (χ1) is 12.4. The SMILES string of the molecule is CN(CC(=O)Nc1cc(Cl)ccc1C#N)Cc1ccc(OC(F)F)cc1. The molecule has 0 spiro atoms. The molecule has 0 aliphatic carbocycles. The monoisotopic (exact) mass is 379 g/mol. The number of halogens is 3. The van der Waals surface area contributed by atoms with Crippen molar-refractivity contribution in [2.24, 2.45) is 0 Å². The summed E-state index contributed by atoms with van der Waals surface area (Å²) in [6.07, 6.45) is 0. The molecule has 0 aromatic heterocycles. The Kier molecular flexibility index (Phi) is 6.89. The maximum Gasteiger partial charge on any atom is 0.387 e. The number of rotatable bonds is 7. The first kappa shape index (κ1) is 19.6. The normalized spacial score (nSPS) is 10.7. The van der Waals surface area contributed by atoms with Crippen molar-refractivity contribution in [3.63, 3.8) is 0 Å². The summed E-state index contributed by atoms with van der Waals surface area (Å²) in [6, 6.07) is 12.8. The van der Waals surface area contributed by atoms with Crippen molar-refractivity contribution < 1.29 is 18.3 Å². The van der Waals surface area contributed by atoms with Crippen molar-refractivity contribution in [1.82, 2.24) is 4.90 Å². The quantitative estimate of drug-likeness (QED) is 0.792. The van der Waals surface area contributed by atoms with Gasteiger partial charge in [0.15, 0.2) is 0 Å². The van der Waals surface area contributed by atoms with Crippen molar-refractivity contribution in [1.29, 1.82) is 5.26 Å². The molecule has 2 aromatic carbocycles. The summed E-state index contributed by atoms with van der Waals surface area (Å²) in [5.41, 5.74) is 1.51. The van der Waals surface area contributed by atoms with Gasteiger partial charge in [0.25, 0.3) is 0 Å². The fourth-order valence-electron chi connectivity index (χ4n) is 2.30. The summed E-state index contributed by atoms with van der Waals surface area (Å²) < 4.78 is 28.5. The van der Waals surface area contributed by atoms with Crippen LogP contribution in [0.2, 0.25) is 5.02 Å². The molecule has 5 nitrogen and oxygen atoms in total. The zero-order chi connectivity index (χ0) is 19.1. The topological polar surface area (TPSA) is 65.4 Å². The van der Waals surface area contributed by atoms with Gasteiger partial charge >= 0.3 is 6.61 Å².